The van der Waals surface area contributed by atoms with Crippen molar-refractivity contribution in [2.75, 3.05) is 11.1 Å². The Kier molecular flexibility index (Phi) is 6.90. The Morgan fingerprint density at radius 2 is 1.59 bits per heavy atom. The second kappa shape index (κ2) is 8.19. The lowest BCUT2D eigenvalue weighted by Crippen LogP contribution is -2.34. The van der Waals surface area contributed by atoms with Crippen LogP contribution in [-0.2, 0) is 0 Å². The van der Waals surface area contributed by atoms with Gasteiger partial charge >= 0.3 is 0 Å². The SMILES string of the molecule is Cl.Nc1ccc(NC(=S)NC(=O)c2cc(Cl)cc(Cl)c2)cc1. The van der Waals surface area contributed by atoms with E-state index in [1.165, 1.54) is 12.1 Å². The van der Waals surface area contributed by atoms with Crippen molar-refractivity contribution in [3.05, 3.63) is 58.1 Å². The smallest absolute Gasteiger partial charge is 0.257 e. The van der Waals surface area contributed by atoms with E-state index in [2.05, 4.69) is 10.6 Å². The number of halogens is 3. The highest BCUT2D eigenvalue weighted by molar-refractivity contribution is 7.80. The van der Waals surface area contributed by atoms with Crippen LogP contribution in [0.2, 0.25) is 10.0 Å². The molecule has 22 heavy (non-hydrogen) atoms. The molecule has 0 aromatic heterocycles. The zero-order valence-electron chi connectivity index (χ0n) is 11.1. The van der Waals surface area contributed by atoms with Crippen LogP contribution in [0.4, 0.5) is 11.4 Å². The van der Waals surface area contributed by atoms with Crippen LogP contribution in [0.1, 0.15) is 10.4 Å². The Bertz CT molecular complexity index is 672. The van der Waals surface area contributed by atoms with Gasteiger partial charge in [-0.15, -0.1) is 12.4 Å². The zero-order valence-corrected chi connectivity index (χ0v) is 14.2. The number of carbonyl (C=O) groups excluding carboxylic acids is 1. The van der Waals surface area contributed by atoms with Gasteiger partial charge in [0, 0.05) is 27.0 Å². The molecule has 0 bridgehead atoms. The van der Waals surface area contributed by atoms with E-state index in [0.29, 0.717) is 21.3 Å². The summed E-state index contributed by atoms with van der Waals surface area (Å²) in [5, 5.41) is 6.35. The number of benzene rings is 2. The van der Waals surface area contributed by atoms with Crippen molar-refractivity contribution in [3.63, 3.8) is 0 Å². The molecule has 8 heteroatoms. The predicted octanol–water partition coefficient (Wildman–Crippen LogP) is 4.12. The molecule has 1 amide bonds. The second-order valence-corrected chi connectivity index (χ2v) is 5.47. The molecule has 0 spiro atoms. The summed E-state index contributed by atoms with van der Waals surface area (Å²) in [4.78, 5) is 12.0. The lowest BCUT2D eigenvalue weighted by molar-refractivity contribution is 0.0977. The molecule has 0 heterocycles. The molecule has 0 saturated carbocycles. The predicted molar refractivity (Wildman–Crippen MR) is 98.3 cm³/mol. The first-order valence-electron chi connectivity index (χ1n) is 5.88. The van der Waals surface area contributed by atoms with Gasteiger partial charge < -0.3 is 11.1 Å². The summed E-state index contributed by atoms with van der Waals surface area (Å²) < 4.78 is 0. The molecule has 4 N–H and O–H groups in total. The van der Waals surface area contributed by atoms with Crippen LogP contribution < -0.4 is 16.4 Å². The maximum Gasteiger partial charge on any atom is 0.257 e. The Balaban J connectivity index is 0.00000242. The van der Waals surface area contributed by atoms with E-state index in [9.17, 15) is 4.79 Å². The summed E-state index contributed by atoms with van der Waals surface area (Å²) in [5.41, 5.74) is 7.28. The van der Waals surface area contributed by atoms with Crippen molar-refractivity contribution in [1.29, 1.82) is 0 Å². The van der Waals surface area contributed by atoms with E-state index in [4.69, 9.17) is 41.2 Å². The summed E-state index contributed by atoms with van der Waals surface area (Å²) >= 11 is 16.8. The first-order valence-corrected chi connectivity index (χ1v) is 7.04. The topological polar surface area (TPSA) is 67.2 Å². The molecule has 116 valence electrons. The van der Waals surface area contributed by atoms with Crippen LogP contribution >= 0.6 is 47.8 Å². The molecule has 0 aliphatic heterocycles. The Morgan fingerprint density at radius 1 is 1.05 bits per heavy atom. The van der Waals surface area contributed by atoms with E-state index in [-0.39, 0.29) is 17.5 Å². The normalized spacial score (nSPS) is 9.55. The van der Waals surface area contributed by atoms with Crippen LogP contribution in [0.5, 0.6) is 0 Å². The summed E-state index contributed by atoms with van der Waals surface area (Å²) in [6, 6.07) is 11.5. The van der Waals surface area contributed by atoms with Gasteiger partial charge in [0.15, 0.2) is 5.11 Å². The van der Waals surface area contributed by atoms with Gasteiger partial charge in [0.25, 0.3) is 5.91 Å². The van der Waals surface area contributed by atoms with E-state index in [1.54, 1.807) is 30.3 Å². The number of nitrogens with two attached hydrogens (primary N) is 1. The van der Waals surface area contributed by atoms with Crippen LogP contribution in [0.15, 0.2) is 42.5 Å². The van der Waals surface area contributed by atoms with Gasteiger partial charge in [-0.3, -0.25) is 10.1 Å². The molecule has 2 aromatic rings. The van der Waals surface area contributed by atoms with Gasteiger partial charge in [0.05, 0.1) is 0 Å². The molecule has 2 aromatic carbocycles. The number of anilines is 2. The van der Waals surface area contributed by atoms with Crippen molar-refractivity contribution in [2.45, 2.75) is 0 Å². The maximum atomic E-state index is 12.0. The second-order valence-electron chi connectivity index (χ2n) is 4.19. The standard InChI is InChI=1S/C14H11Cl2N3OS.ClH/c15-9-5-8(6-10(16)7-9)13(20)19-14(21)18-12-3-1-11(17)2-4-12;/h1-7H,17H2,(H2,18,19,20,21);1H. The van der Waals surface area contributed by atoms with Crippen molar-refractivity contribution in [2.24, 2.45) is 0 Å². The van der Waals surface area contributed by atoms with Gasteiger partial charge in [-0.25, -0.2) is 0 Å². The number of thiocarbonyl (C=S) groups is 1. The molecular weight excluding hydrogens is 365 g/mol. The monoisotopic (exact) mass is 375 g/mol. The lowest BCUT2D eigenvalue weighted by Gasteiger charge is -2.10. The zero-order chi connectivity index (χ0) is 15.4. The van der Waals surface area contributed by atoms with Crippen molar-refractivity contribution >= 4 is 70.2 Å². The van der Waals surface area contributed by atoms with Gasteiger partial charge in [0.2, 0.25) is 0 Å². The number of hydrogen-bond donors (Lipinski definition) is 3. The van der Waals surface area contributed by atoms with E-state index >= 15 is 0 Å². The Morgan fingerprint density at radius 3 is 2.14 bits per heavy atom. The molecule has 0 fully saturated rings. The van der Waals surface area contributed by atoms with Crippen LogP contribution in [-0.4, -0.2) is 11.0 Å². The number of carbonyl (C=O) groups is 1. The molecule has 4 nitrogen and oxygen atoms in total. The Hall–Kier alpha value is -1.53. The van der Waals surface area contributed by atoms with E-state index < -0.39 is 5.91 Å². The number of rotatable bonds is 2. The quantitative estimate of drug-likeness (QED) is 0.545. The molecule has 0 atom stereocenters. The molecule has 0 aliphatic carbocycles. The van der Waals surface area contributed by atoms with Gasteiger partial charge in [-0.2, -0.15) is 0 Å². The van der Waals surface area contributed by atoms with Gasteiger partial charge in [-0.05, 0) is 54.7 Å². The fourth-order valence-electron chi connectivity index (χ4n) is 1.59. The van der Waals surface area contributed by atoms with Crippen LogP contribution in [0, 0.1) is 0 Å². The van der Waals surface area contributed by atoms with Crippen LogP contribution in [0.25, 0.3) is 0 Å². The highest BCUT2D eigenvalue weighted by atomic mass is 35.5. The van der Waals surface area contributed by atoms with Crippen LogP contribution in [0.3, 0.4) is 0 Å². The molecular formula is C14H12Cl3N3OS. The number of amides is 1. The number of nitrogen functional groups attached to an aromatic ring is 1. The summed E-state index contributed by atoms with van der Waals surface area (Å²) in [6.07, 6.45) is 0. The van der Waals surface area contributed by atoms with Gasteiger partial charge in [0.1, 0.15) is 0 Å². The van der Waals surface area contributed by atoms with Crippen molar-refractivity contribution in [3.8, 4) is 0 Å². The lowest BCUT2D eigenvalue weighted by atomic mass is 10.2. The maximum absolute atomic E-state index is 12.0. The minimum Gasteiger partial charge on any atom is -0.399 e. The third-order valence-electron chi connectivity index (χ3n) is 2.52. The average Bonchev–Trinajstić information content (AvgIpc) is 2.40. The molecule has 0 saturated heterocycles. The third-order valence-corrected chi connectivity index (χ3v) is 3.16. The van der Waals surface area contributed by atoms with Crippen molar-refractivity contribution in [1.82, 2.24) is 5.32 Å². The summed E-state index contributed by atoms with van der Waals surface area (Å²) in [5.74, 6) is -0.396. The fraction of sp³-hybridized carbons (Fsp3) is 0. The molecule has 2 rings (SSSR count). The van der Waals surface area contributed by atoms with Gasteiger partial charge in [-0.1, -0.05) is 23.2 Å². The Labute approximate surface area is 149 Å². The molecule has 0 radical (unpaired) electrons. The minimum absolute atomic E-state index is 0. The first-order chi connectivity index (χ1) is 9.94. The number of hydrogen-bond acceptors (Lipinski definition) is 3. The van der Waals surface area contributed by atoms with E-state index in [0.717, 1.165) is 5.69 Å². The summed E-state index contributed by atoms with van der Waals surface area (Å²) in [6.45, 7) is 0. The summed E-state index contributed by atoms with van der Waals surface area (Å²) in [7, 11) is 0. The highest BCUT2D eigenvalue weighted by Crippen LogP contribution is 2.19. The minimum atomic E-state index is -0.396. The van der Waals surface area contributed by atoms with Crippen molar-refractivity contribution < 1.29 is 4.79 Å². The first kappa shape index (κ1) is 18.5. The van der Waals surface area contributed by atoms with E-state index in [1.807, 2.05) is 0 Å². The largest absolute Gasteiger partial charge is 0.399 e. The number of nitrogens with one attached hydrogen (secondary N) is 2. The molecule has 0 unspecified atom stereocenters. The molecule has 0 aliphatic rings. The third kappa shape index (κ3) is 5.35. The fourth-order valence-corrected chi connectivity index (χ4v) is 2.33. The highest BCUT2D eigenvalue weighted by Gasteiger charge is 2.10. The average molecular weight is 377 g/mol.